The van der Waals surface area contributed by atoms with Gasteiger partial charge in [0.25, 0.3) is 0 Å². The third kappa shape index (κ3) is 5.02. The Bertz CT molecular complexity index is 379. The molecule has 0 aliphatic carbocycles. The van der Waals surface area contributed by atoms with Crippen molar-refractivity contribution < 1.29 is 33.6 Å². The standard InChI is InChI=1S/C12H16O7/c1-15-7-18-9-4-3-5-10(19-8-16-2)12(9)17-6-11(13)14/h3-5H,6-8H2,1-2H3,(H,13,14). The molecule has 7 nitrogen and oxygen atoms in total. The van der Waals surface area contributed by atoms with Gasteiger partial charge in [-0.2, -0.15) is 0 Å². The number of para-hydroxylation sites is 1. The van der Waals surface area contributed by atoms with Crippen molar-refractivity contribution in [2.24, 2.45) is 0 Å². The summed E-state index contributed by atoms with van der Waals surface area (Å²) in [6.07, 6.45) is 0. The molecule has 0 amide bonds. The van der Waals surface area contributed by atoms with Crippen molar-refractivity contribution in [1.82, 2.24) is 0 Å². The Labute approximate surface area is 110 Å². The lowest BCUT2D eigenvalue weighted by atomic mass is 10.3. The van der Waals surface area contributed by atoms with Crippen LogP contribution in [0.3, 0.4) is 0 Å². The Morgan fingerprint density at radius 2 is 1.58 bits per heavy atom. The average Bonchev–Trinajstić information content (AvgIpc) is 2.41. The summed E-state index contributed by atoms with van der Waals surface area (Å²) in [4.78, 5) is 10.6. The number of aliphatic carboxylic acids is 1. The monoisotopic (exact) mass is 272 g/mol. The zero-order chi connectivity index (χ0) is 14.1. The van der Waals surface area contributed by atoms with Crippen molar-refractivity contribution in [3.05, 3.63) is 18.2 Å². The van der Waals surface area contributed by atoms with Crippen LogP contribution < -0.4 is 14.2 Å². The third-order valence-corrected chi connectivity index (χ3v) is 1.95. The van der Waals surface area contributed by atoms with Gasteiger partial charge in [-0.25, -0.2) is 4.79 Å². The van der Waals surface area contributed by atoms with Crippen LogP contribution in [0.1, 0.15) is 0 Å². The number of hydrogen-bond acceptors (Lipinski definition) is 6. The minimum atomic E-state index is -1.10. The van der Waals surface area contributed by atoms with Crippen LogP contribution in [0.2, 0.25) is 0 Å². The van der Waals surface area contributed by atoms with Crippen molar-refractivity contribution in [3.63, 3.8) is 0 Å². The van der Waals surface area contributed by atoms with Gasteiger partial charge < -0.3 is 28.8 Å². The highest BCUT2D eigenvalue weighted by Crippen LogP contribution is 2.37. The molecule has 0 fully saturated rings. The van der Waals surface area contributed by atoms with Crippen LogP contribution >= 0.6 is 0 Å². The lowest BCUT2D eigenvalue weighted by Crippen LogP contribution is -2.12. The third-order valence-electron chi connectivity index (χ3n) is 1.95. The summed E-state index contributed by atoms with van der Waals surface area (Å²) in [5.41, 5.74) is 0. The molecule has 0 saturated carbocycles. The highest BCUT2D eigenvalue weighted by molar-refractivity contribution is 5.69. The summed E-state index contributed by atoms with van der Waals surface area (Å²) in [6, 6.07) is 4.93. The van der Waals surface area contributed by atoms with Crippen LogP contribution in [0.4, 0.5) is 0 Å². The maximum Gasteiger partial charge on any atom is 0.341 e. The summed E-state index contributed by atoms with van der Waals surface area (Å²) in [5.74, 6) is -0.244. The van der Waals surface area contributed by atoms with E-state index in [1.807, 2.05) is 0 Å². The van der Waals surface area contributed by atoms with Crippen LogP contribution in [0, 0.1) is 0 Å². The first-order valence-electron chi connectivity index (χ1n) is 5.40. The predicted molar refractivity (Wildman–Crippen MR) is 64.6 cm³/mol. The van der Waals surface area contributed by atoms with E-state index in [0.29, 0.717) is 11.5 Å². The van der Waals surface area contributed by atoms with Crippen molar-refractivity contribution in [3.8, 4) is 17.2 Å². The molecule has 1 rings (SSSR count). The fourth-order valence-electron chi connectivity index (χ4n) is 1.24. The predicted octanol–water partition coefficient (Wildman–Crippen LogP) is 1.12. The Balaban J connectivity index is 2.90. The fraction of sp³-hybridized carbons (Fsp3) is 0.417. The Morgan fingerprint density at radius 3 is 2.00 bits per heavy atom. The van der Waals surface area contributed by atoms with E-state index in [0.717, 1.165) is 0 Å². The van der Waals surface area contributed by atoms with E-state index in [1.54, 1.807) is 18.2 Å². The highest BCUT2D eigenvalue weighted by Gasteiger charge is 2.14. The van der Waals surface area contributed by atoms with Gasteiger partial charge in [-0.3, -0.25) is 0 Å². The van der Waals surface area contributed by atoms with Crippen molar-refractivity contribution in [2.75, 3.05) is 34.4 Å². The number of ether oxygens (including phenoxy) is 5. The Kier molecular flexibility index (Phi) is 6.48. The van der Waals surface area contributed by atoms with Gasteiger partial charge in [0.15, 0.2) is 31.7 Å². The van der Waals surface area contributed by atoms with E-state index in [4.69, 9.17) is 28.8 Å². The molecule has 106 valence electrons. The molecular formula is C12H16O7. The minimum Gasteiger partial charge on any atom is -0.479 e. The first kappa shape index (κ1) is 15.1. The molecule has 0 saturated heterocycles. The smallest absolute Gasteiger partial charge is 0.341 e. The van der Waals surface area contributed by atoms with Gasteiger partial charge in [0.05, 0.1) is 0 Å². The topological polar surface area (TPSA) is 83.5 Å². The first-order chi connectivity index (χ1) is 9.19. The zero-order valence-electron chi connectivity index (χ0n) is 10.8. The lowest BCUT2D eigenvalue weighted by Gasteiger charge is -2.15. The molecule has 0 spiro atoms. The number of benzene rings is 1. The van der Waals surface area contributed by atoms with Gasteiger partial charge in [0.1, 0.15) is 0 Å². The van der Waals surface area contributed by atoms with E-state index in [2.05, 4.69) is 0 Å². The van der Waals surface area contributed by atoms with Gasteiger partial charge in [0.2, 0.25) is 5.75 Å². The molecular weight excluding hydrogens is 256 g/mol. The quantitative estimate of drug-likeness (QED) is 0.674. The molecule has 1 aromatic carbocycles. The van der Waals surface area contributed by atoms with Gasteiger partial charge in [-0.05, 0) is 12.1 Å². The van der Waals surface area contributed by atoms with E-state index in [9.17, 15) is 4.79 Å². The van der Waals surface area contributed by atoms with E-state index < -0.39 is 12.6 Å². The van der Waals surface area contributed by atoms with Crippen LogP contribution in [0.5, 0.6) is 17.2 Å². The molecule has 19 heavy (non-hydrogen) atoms. The second kappa shape index (κ2) is 8.17. The summed E-state index contributed by atoms with van der Waals surface area (Å²) < 4.78 is 25.3. The lowest BCUT2D eigenvalue weighted by molar-refractivity contribution is -0.139. The second-order valence-electron chi connectivity index (χ2n) is 3.37. The first-order valence-corrected chi connectivity index (χ1v) is 5.40. The van der Waals surface area contributed by atoms with Gasteiger partial charge >= 0.3 is 5.97 Å². The maximum absolute atomic E-state index is 10.6. The van der Waals surface area contributed by atoms with Crippen LogP contribution in [-0.4, -0.2) is 45.5 Å². The molecule has 0 unspecified atom stereocenters. The van der Waals surface area contributed by atoms with Crippen molar-refractivity contribution >= 4 is 5.97 Å². The van der Waals surface area contributed by atoms with Crippen molar-refractivity contribution in [2.45, 2.75) is 0 Å². The largest absolute Gasteiger partial charge is 0.479 e. The Hall–Kier alpha value is -1.99. The fourth-order valence-corrected chi connectivity index (χ4v) is 1.24. The molecule has 0 heterocycles. The number of rotatable bonds is 9. The summed E-state index contributed by atoms with van der Waals surface area (Å²) in [5, 5.41) is 8.65. The molecule has 0 aliphatic rings. The second-order valence-corrected chi connectivity index (χ2v) is 3.37. The molecule has 1 aromatic rings. The SMILES string of the molecule is COCOc1cccc(OCOC)c1OCC(=O)O. The van der Waals surface area contributed by atoms with Gasteiger partial charge in [-0.1, -0.05) is 6.07 Å². The summed E-state index contributed by atoms with van der Waals surface area (Å²) in [6.45, 7) is -0.481. The normalized spacial score (nSPS) is 10.0. The van der Waals surface area contributed by atoms with Gasteiger partial charge in [0, 0.05) is 14.2 Å². The number of carbonyl (C=O) groups is 1. The van der Waals surface area contributed by atoms with E-state index in [-0.39, 0.29) is 19.3 Å². The summed E-state index contributed by atoms with van der Waals surface area (Å²) in [7, 11) is 2.95. The average molecular weight is 272 g/mol. The minimum absolute atomic E-state index is 0.0111. The van der Waals surface area contributed by atoms with Crippen LogP contribution in [-0.2, 0) is 14.3 Å². The Morgan fingerprint density at radius 1 is 1.05 bits per heavy atom. The maximum atomic E-state index is 10.6. The van der Waals surface area contributed by atoms with E-state index >= 15 is 0 Å². The number of carboxylic acid groups (broad SMARTS) is 1. The zero-order valence-corrected chi connectivity index (χ0v) is 10.8. The molecule has 0 aromatic heterocycles. The molecule has 1 N–H and O–H groups in total. The molecule has 7 heteroatoms. The molecule has 0 atom stereocenters. The molecule has 0 radical (unpaired) electrons. The number of carboxylic acids is 1. The van der Waals surface area contributed by atoms with Crippen LogP contribution in [0.25, 0.3) is 0 Å². The highest BCUT2D eigenvalue weighted by atomic mass is 16.7. The molecule has 0 bridgehead atoms. The van der Waals surface area contributed by atoms with Gasteiger partial charge in [-0.15, -0.1) is 0 Å². The van der Waals surface area contributed by atoms with Crippen LogP contribution in [0.15, 0.2) is 18.2 Å². The summed E-state index contributed by atoms with van der Waals surface area (Å²) >= 11 is 0. The van der Waals surface area contributed by atoms with E-state index in [1.165, 1.54) is 14.2 Å². The molecule has 0 aliphatic heterocycles. The number of methoxy groups -OCH3 is 2. The van der Waals surface area contributed by atoms with Crippen molar-refractivity contribution in [1.29, 1.82) is 0 Å². The number of hydrogen-bond donors (Lipinski definition) is 1.